The van der Waals surface area contributed by atoms with Gasteiger partial charge < -0.3 is 5.32 Å². The first kappa shape index (κ1) is 11.6. The third-order valence-electron chi connectivity index (χ3n) is 2.88. The van der Waals surface area contributed by atoms with Crippen molar-refractivity contribution >= 4 is 5.91 Å². The Kier molecular flexibility index (Phi) is 3.76. The molecule has 1 aromatic rings. The average Bonchev–Trinajstić information content (AvgIpc) is 2.40. The Bertz CT molecular complexity index is 454. The van der Waals surface area contributed by atoms with Crippen LogP contribution in [0, 0.1) is 0 Å². The van der Waals surface area contributed by atoms with Crippen molar-refractivity contribution in [1.82, 2.24) is 5.32 Å². The topological polar surface area (TPSA) is 29.1 Å². The van der Waals surface area contributed by atoms with Gasteiger partial charge >= 0.3 is 0 Å². The highest BCUT2D eigenvalue weighted by Gasteiger charge is 2.06. The lowest BCUT2D eigenvalue weighted by Crippen LogP contribution is -2.22. The fourth-order valence-corrected chi connectivity index (χ4v) is 1.80. The summed E-state index contributed by atoms with van der Waals surface area (Å²) >= 11 is 0. The van der Waals surface area contributed by atoms with E-state index >= 15 is 0 Å². The van der Waals surface area contributed by atoms with Crippen molar-refractivity contribution in [3.8, 4) is 0 Å². The van der Waals surface area contributed by atoms with E-state index in [9.17, 15) is 4.79 Å². The van der Waals surface area contributed by atoms with E-state index in [0.717, 1.165) is 25.0 Å². The largest absolute Gasteiger partial charge is 0.322 e. The third kappa shape index (κ3) is 3.06. The van der Waals surface area contributed by atoms with Crippen molar-refractivity contribution in [3.05, 3.63) is 59.3 Å². The number of carbonyl (C=O) groups is 1. The first-order valence-electron chi connectivity index (χ1n) is 6.06. The molecule has 0 atom stereocenters. The lowest BCUT2D eigenvalue weighted by molar-refractivity contribution is 0.0967. The highest BCUT2D eigenvalue weighted by atomic mass is 16.1. The summed E-state index contributed by atoms with van der Waals surface area (Å²) in [5.41, 5.74) is 2.86. The van der Waals surface area contributed by atoms with Crippen LogP contribution in [0.25, 0.3) is 0 Å². The second kappa shape index (κ2) is 5.48. The van der Waals surface area contributed by atoms with Crippen molar-refractivity contribution in [2.24, 2.45) is 0 Å². The molecule has 1 N–H and O–H groups in total. The molecule has 0 aromatic heterocycles. The van der Waals surface area contributed by atoms with Crippen molar-refractivity contribution in [3.63, 3.8) is 0 Å². The maximum atomic E-state index is 11.9. The number of nitrogens with one attached hydrogen (secondary N) is 1. The number of allylic oxidation sites excluding steroid dienone is 3. The molecule has 2 heteroatoms. The lowest BCUT2D eigenvalue weighted by atomic mass is 10.1. The second-order valence-corrected chi connectivity index (χ2v) is 4.14. The zero-order chi connectivity index (χ0) is 12.1. The van der Waals surface area contributed by atoms with Crippen LogP contribution in [0.1, 0.15) is 35.7 Å². The van der Waals surface area contributed by atoms with E-state index in [4.69, 9.17) is 0 Å². The molecule has 1 amide bonds. The maximum Gasteiger partial charge on any atom is 0.255 e. The van der Waals surface area contributed by atoms with Crippen molar-refractivity contribution < 1.29 is 4.79 Å². The summed E-state index contributed by atoms with van der Waals surface area (Å²) < 4.78 is 0. The zero-order valence-electron chi connectivity index (χ0n) is 10.1. The number of amides is 1. The van der Waals surface area contributed by atoms with Gasteiger partial charge in [0.25, 0.3) is 5.91 Å². The Balaban J connectivity index is 2.03. The van der Waals surface area contributed by atoms with Gasteiger partial charge in [0.2, 0.25) is 0 Å². The van der Waals surface area contributed by atoms with E-state index < -0.39 is 0 Å². The molecule has 0 saturated carbocycles. The predicted octanol–water partition coefficient (Wildman–Crippen LogP) is 3.21. The number of aryl methyl sites for hydroxylation is 1. The first-order chi connectivity index (χ1) is 8.29. The molecule has 2 rings (SSSR count). The molecule has 88 valence electrons. The summed E-state index contributed by atoms with van der Waals surface area (Å²) in [6, 6.07) is 7.75. The summed E-state index contributed by atoms with van der Waals surface area (Å²) in [7, 11) is 0. The van der Waals surface area contributed by atoms with Gasteiger partial charge in [-0.2, -0.15) is 0 Å². The molecule has 0 heterocycles. The molecule has 1 aliphatic rings. The molecule has 0 saturated heterocycles. The molecule has 0 unspecified atom stereocenters. The Hall–Kier alpha value is -1.83. The quantitative estimate of drug-likeness (QED) is 0.844. The maximum absolute atomic E-state index is 11.9. The summed E-state index contributed by atoms with van der Waals surface area (Å²) in [4.78, 5) is 11.9. The van der Waals surface area contributed by atoms with Gasteiger partial charge in [0, 0.05) is 11.3 Å². The highest BCUT2D eigenvalue weighted by molar-refractivity contribution is 5.95. The van der Waals surface area contributed by atoms with Crippen LogP contribution in [0.4, 0.5) is 0 Å². The van der Waals surface area contributed by atoms with E-state index in [0.29, 0.717) is 5.56 Å². The minimum Gasteiger partial charge on any atom is -0.322 e. The molecule has 1 aromatic carbocycles. The van der Waals surface area contributed by atoms with Crippen molar-refractivity contribution in [2.75, 3.05) is 0 Å². The van der Waals surface area contributed by atoms with Crippen LogP contribution in [0.3, 0.4) is 0 Å². The standard InChI is InChI=1S/C15H17NO/c1-2-12-8-10-13(11-9-12)15(17)16-14-6-4-3-5-7-14/h4,6-11H,2-3,5H2,1H3,(H,16,17). The van der Waals surface area contributed by atoms with Crippen LogP contribution in [0.5, 0.6) is 0 Å². The number of carbonyl (C=O) groups excluding carboxylic acids is 1. The van der Waals surface area contributed by atoms with E-state index in [1.165, 1.54) is 5.56 Å². The first-order valence-corrected chi connectivity index (χ1v) is 6.06. The van der Waals surface area contributed by atoms with Gasteiger partial charge in [0.1, 0.15) is 0 Å². The van der Waals surface area contributed by atoms with Gasteiger partial charge in [-0.15, -0.1) is 0 Å². The molecule has 0 spiro atoms. The predicted molar refractivity (Wildman–Crippen MR) is 69.7 cm³/mol. The molecule has 17 heavy (non-hydrogen) atoms. The molecular formula is C15H17NO. The smallest absolute Gasteiger partial charge is 0.255 e. The average molecular weight is 227 g/mol. The normalized spacial score (nSPS) is 14.3. The van der Waals surface area contributed by atoms with Gasteiger partial charge in [-0.1, -0.05) is 31.2 Å². The molecular weight excluding hydrogens is 210 g/mol. The monoisotopic (exact) mass is 227 g/mol. The fraction of sp³-hybridized carbons (Fsp3) is 0.267. The van der Waals surface area contributed by atoms with Crippen LogP contribution in [0.15, 0.2) is 48.2 Å². The van der Waals surface area contributed by atoms with Crippen molar-refractivity contribution in [1.29, 1.82) is 0 Å². The van der Waals surface area contributed by atoms with Gasteiger partial charge in [0.05, 0.1) is 0 Å². The zero-order valence-corrected chi connectivity index (χ0v) is 10.1. The number of benzene rings is 1. The SMILES string of the molecule is CCc1ccc(C(=O)NC2=CCCC=C2)cc1. The van der Waals surface area contributed by atoms with Gasteiger partial charge in [-0.3, -0.25) is 4.79 Å². The van der Waals surface area contributed by atoms with E-state index in [2.05, 4.69) is 24.4 Å². The number of hydrogen-bond acceptors (Lipinski definition) is 1. The molecule has 2 nitrogen and oxygen atoms in total. The van der Waals surface area contributed by atoms with E-state index in [1.54, 1.807) is 0 Å². The Morgan fingerprint density at radius 1 is 1.24 bits per heavy atom. The van der Waals surface area contributed by atoms with Crippen LogP contribution in [-0.4, -0.2) is 5.91 Å². The molecule has 0 bridgehead atoms. The molecule has 0 radical (unpaired) electrons. The van der Waals surface area contributed by atoms with Crippen molar-refractivity contribution in [2.45, 2.75) is 26.2 Å². The molecule has 0 aliphatic heterocycles. The van der Waals surface area contributed by atoms with Crippen LogP contribution in [0.2, 0.25) is 0 Å². The van der Waals surface area contributed by atoms with Gasteiger partial charge in [0.15, 0.2) is 0 Å². The van der Waals surface area contributed by atoms with Gasteiger partial charge in [-0.05, 0) is 43.0 Å². The Morgan fingerprint density at radius 3 is 2.59 bits per heavy atom. The van der Waals surface area contributed by atoms with Crippen LogP contribution in [-0.2, 0) is 6.42 Å². The number of rotatable bonds is 3. The number of hydrogen-bond donors (Lipinski definition) is 1. The van der Waals surface area contributed by atoms with E-state index in [-0.39, 0.29) is 5.91 Å². The minimum atomic E-state index is -0.0366. The second-order valence-electron chi connectivity index (χ2n) is 4.14. The highest BCUT2D eigenvalue weighted by Crippen LogP contribution is 2.09. The van der Waals surface area contributed by atoms with E-state index in [1.807, 2.05) is 30.3 Å². The Morgan fingerprint density at radius 2 is 2.00 bits per heavy atom. The summed E-state index contributed by atoms with van der Waals surface area (Å²) in [6.45, 7) is 2.10. The Labute approximate surface area is 102 Å². The van der Waals surface area contributed by atoms with Gasteiger partial charge in [-0.25, -0.2) is 0 Å². The molecule has 1 aliphatic carbocycles. The summed E-state index contributed by atoms with van der Waals surface area (Å²) in [5.74, 6) is -0.0366. The van der Waals surface area contributed by atoms with Crippen LogP contribution >= 0.6 is 0 Å². The van der Waals surface area contributed by atoms with Crippen LogP contribution < -0.4 is 5.32 Å². The summed E-state index contributed by atoms with van der Waals surface area (Å²) in [6.07, 6.45) is 9.15. The fourth-order valence-electron chi connectivity index (χ4n) is 1.80. The summed E-state index contributed by atoms with van der Waals surface area (Å²) in [5, 5.41) is 2.91. The lowest BCUT2D eigenvalue weighted by Gasteiger charge is -2.09. The third-order valence-corrected chi connectivity index (χ3v) is 2.88. The minimum absolute atomic E-state index is 0.0366. The molecule has 0 fully saturated rings.